The van der Waals surface area contributed by atoms with Gasteiger partial charge in [-0.15, -0.1) is 12.4 Å². The molecule has 1 atom stereocenters. The Bertz CT molecular complexity index is 1610. The van der Waals surface area contributed by atoms with Crippen molar-refractivity contribution < 1.29 is 17.5 Å². The molecule has 4 aromatic rings. The zero-order valence-electron chi connectivity index (χ0n) is 20.8. The first kappa shape index (κ1) is 29.8. The fourth-order valence-corrected chi connectivity index (χ4v) is 5.83. The van der Waals surface area contributed by atoms with Crippen LogP contribution in [0.1, 0.15) is 12.8 Å². The Morgan fingerprint density at radius 1 is 1.00 bits per heavy atom. The molecule has 0 amide bonds. The highest BCUT2D eigenvalue weighted by molar-refractivity contribution is 7.92. The van der Waals surface area contributed by atoms with Crippen molar-refractivity contribution in [3.63, 3.8) is 0 Å². The summed E-state index contributed by atoms with van der Waals surface area (Å²) in [6, 6.07) is 13.6. The summed E-state index contributed by atoms with van der Waals surface area (Å²) in [4.78, 5) is 12.9. The average Bonchev–Trinajstić information content (AvgIpc) is 2.94. The standard InChI is InChI=1S/C26H23Cl2FN6O3S.ClH/c27-18-7-1-2-8-22(18)39(36,37)35-21-10-9-19(28)24(23(21)29)38-25-17(6-4-13-31-25)20-11-14-32-26(34-20)33-16-5-3-12-30-15-16;/h1-2,4,6-11,13-14,16,30,35H,3,5,12,15H2,(H,32,33,34);1H/t16-;/m0./s1. The Kier molecular flexibility index (Phi) is 9.64. The first-order chi connectivity index (χ1) is 18.8. The van der Waals surface area contributed by atoms with Gasteiger partial charge in [0.1, 0.15) is 4.90 Å². The summed E-state index contributed by atoms with van der Waals surface area (Å²) in [7, 11) is -4.20. The van der Waals surface area contributed by atoms with Crippen molar-refractivity contribution in [2.24, 2.45) is 0 Å². The molecule has 0 aliphatic carbocycles. The van der Waals surface area contributed by atoms with Crippen LogP contribution in [0.5, 0.6) is 11.6 Å². The van der Waals surface area contributed by atoms with E-state index in [-0.39, 0.29) is 45.0 Å². The Balaban J connectivity index is 0.00000370. The van der Waals surface area contributed by atoms with Crippen molar-refractivity contribution in [3.05, 3.63) is 82.9 Å². The summed E-state index contributed by atoms with van der Waals surface area (Å²) in [5.74, 6) is -0.967. The maximum atomic E-state index is 15.6. The molecular weight excluding hydrogens is 602 g/mol. The number of ether oxygens (including phenoxy) is 1. The average molecular weight is 626 g/mol. The lowest BCUT2D eigenvalue weighted by Gasteiger charge is -2.23. The summed E-state index contributed by atoms with van der Waals surface area (Å²) >= 11 is 12.3. The van der Waals surface area contributed by atoms with Crippen molar-refractivity contribution in [1.29, 1.82) is 0 Å². The number of pyridine rings is 1. The largest absolute Gasteiger partial charge is 0.434 e. The highest BCUT2D eigenvalue weighted by Crippen LogP contribution is 2.39. The van der Waals surface area contributed by atoms with E-state index in [1.807, 2.05) is 0 Å². The van der Waals surface area contributed by atoms with E-state index < -0.39 is 21.6 Å². The number of nitrogens with one attached hydrogen (secondary N) is 3. The first-order valence-corrected chi connectivity index (χ1v) is 14.2. The van der Waals surface area contributed by atoms with Gasteiger partial charge in [0, 0.05) is 25.0 Å². The van der Waals surface area contributed by atoms with E-state index >= 15 is 4.39 Å². The molecule has 0 saturated carbocycles. The van der Waals surface area contributed by atoms with Gasteiger partial charge in [-0.3, -0.25) is 4.72 Å². The van der Waals surface area contributed by atoms with Crippen LogP contribution in [-0.4, -0.2) is 42.5 Å². The molecule has 0 spiro atoms. The number of hydrogen-bond donors (Lipinski definition) is 3. The predicted octanol–water partition coefficient (Wildman–Crippen LogP) is 6.16. The number of nitrogens with zero attached hydrogens (tertiary/aromatic N) is 3. The fourth-order valence-electron chi connectivity index (χ4n) is 4.07. The van der Waals surface area contributed by atoms with Crippen LogP contribution < -0.4 is 20.1 Å². The van der Waals surface area contributed by atoms with E-state index in [4.69, 9.17) is 27.9 Å². The van der Waals surface area contributed by atoms with E-state index in [2.05, 4.69) is 30.3 Å². The van der Waals surface area contributed by atoms with Crippen LogP contribution in [0.15, 0.2) is 71.9 Å². The van der Waals surface area contributed by atoms with Gasteiger partial charge in [-0.25, -0.2) is 27.8 Å². The topological polar surface area (TPSA) is 118 Å². The van der Waals surface area contributed by atoms with E-state index in [0.717, 1.165) is 25.9 Å². The van der Waals surface area contributed by atoms with Gasteiger partial charge in [0.2, 0.25) is 11.8 Å². The van der Waals surface area contributed by atoms with Crippen LogP contribution in [0.2, 0.25) is 10.0 Å². The molecule has 3 N–H and O–H groups in total. The molecule has 5 rings (SSSR count). The lowest BCUT2D eigenvalue weighted by molar-refractivity contribution is 0.430. The summed E-state index contributed by atoms with van der Waals surface area (Å²) in [6.07, 6.45) is 5.13. The number of anilines is 2. The van der Waals surface area contributed by atoms with Crippen LogP contribution in [0.25, 0.3) is 11.3 Å². The number of hydrogen-bond acceptors (Lipinski definition) is 8. The smallest absolute Gasteiger partial charge is 0.263 e. The maximum Gasteiger partial charge on any atom is 0.263 e. The molecule has 1 fully saturated rings. The molecule has 0 radical (unpaired) electrons. The number of halogens is 4. The zero-order valence-corrected chi connectivity index (χ0v) is 23.9. The Hall–Kier alpha value is -3.22. The van der Waals surface area contributed by atoms with E-state index in [1.165, 1.54) is 36.5 Å². The summed E-state index contributed by atoms with van der Waals surface area (Å²) in [6.45, 7) is 1.79. The van der Waals surface area contributed by atoms with Gasteiger partial charge in [0.25, 0.3) is 10.0 Å². The molecule has 2 aromatic carbocycles. The third-order valence-corrected chi connectivity index (χ3v) is 8.11. The minimum absolute atomic E-state index is 0. The molecule has 2 aromatic heterocycles. The van der Waals surface area contributed by atoms with Crippen LogP contribution in [0, 0.1) is 5.82 Å². The number of aromatic nitrogens is 3. The molecule has 40 heavy (non-hydrogen) atoms. The monoisotopic (exact) mass is 624 g/mol. The summed E-state index contributed by atoms with van der Waals surface area (Å²) in [5, 5.41) is 6.57. The van der Waals surface area contributed by atoms with Gasteiger partial charge in [-0.1, -0.05) is 35.3 Å². The third kappa shape index (κ3) is 6.73. The molecule has 1 aliphatic heterocycles. The third-order valence-electron chi connectivity index (χ3n) is 5.95. The minimum Gasteiger partial charge on any atom is -0.434 e. The molecule has 9 nitrogen and oxygen atoms in total. The number of benzene rings is 2. The molecule has 1 saturated heterocycles. The fraction of sp³-hybridized carbons (Fsp3) is 0.192. The van der Waals surface area contributed by atoms with Crippen molar-refractivity contribution >= 4 is 57.3 Å². The van der Waals surface area contributed by atoms with Crippen LogP contribution in [0.4, 0.5) is 16.0 Å². The van der Waals surface area contributed by atoms with E-state index in [0.29, 0.717) is 17.2 Å². The maximum absolute atomic E-state index is 15.6. The highest BCUT2D eigenvalue weighted by Gasteiger charge is 2.24. The van der Waals surface area contributed by atoms with Gasteiger partial charge in [-0.05, 0) is 61.9 Å². The second kappa shape index (κ2) is 13.0. The van der Waals surface area contributed by atoms with E-state index in [9.17, 15) is 8.42 Å². The lowest BCUT2D eigenvalue weighted by atomic mass is 10.1. The molecular formula is C26H24Cl3FN6O3S. The Morgan fingerprint density at radius 3 is 2.60 bits per heavy atom. The van der Waals surface area contributed by atoms with Crippen molar-refractivity contribution in [2.75, 3.05) is 23.1 Å². The van der Waals surface area contributed by atoms with Crippen molar-refractivity contribution in [3.8, 4) is 22.9 Å². The molecule has 1 aliphatic rings. The van der Waals surface area contributed by atoms with Gasteiger partial charge in [-0.2, -0.15) is 0 Å². The molecule has 210 valence electrons. The highest BCUT2D eigenvalue weighted by atomic mass is 35.5. The second-order valence-corrected chi connectivity index (χ2v) is 11.2. The first-order valence-electron chi connectivity index (χ1n) is 12.0. The summed E-state index contributed by atoms with van der Waals surface area (Å²) in [5.41, 5.74) is 0.579. The minimum atomic E-state index is -4.20. The van der Waals surface area contributed by atoms with Crippen LogP contribution >= 0.6 is 35.6 Å². The molecule has 3 heterocycles. The normalized spacial score (nSPS) is 15.1. The number of piperidine rings is 1. The molecule has 14 heteroatoms. The van der Waals surface area contributed by atoms with Gasteiger partial charge >= 0.3 is 0 Å². The molecule has 0 bridgehead atoms. The number of sulfonamides is 1. The molecule has 0 unspecified atom stereocenters. The predicted molar refractivity (Wildman–Crippen MR) is 156 cm³/mol. The summed E-state index contributed by atoms with van der Waals surface area (Å²) < 4.78 is 49.4. The van der Waals surface area contributed by atoms with Crippen molar-refractivity contribution in [1.82, 2.24) is 20.3 Å². The van der Waals surface area contributed by atoms with Gasteiger partial charge in [0.05, 0.1) is 27.0 Å². The SMILES string of the molecule is Cl.O=S(=O)(Nc1ccc(Cl)c(Oc2ncccc2-c2ccnc(N[C@H]3CCCNC3)n2)c1F)c1ccccc1Cl. The second-order valence-electron chi connectivity index (χ2n) is 8.69. The Morgan fingerprint density at radius 2 is 1.82 bits per heavy atom. The van der Waals surface area contributed by atoms with Crippen molar-refractivity contribution in [2.45, 2.75) is 23.8 Å². The zero-order chi connectivity index (χ0) is 27.4. The lowest BCUT2D eigenvalue weighted by Crippen LogP contribution is -2.38. The van der Waals surface area contributed by atoms with Gasteiger partial charge in [0.15, 0.2) is 11.6 Å². The number of rotatable bonds is 8. The van der Waals surface area contributed by atoms with Gasteiger partial charge < -0.3 is 15.4 Å². The van der Waals surface area contributed by atoms with Crippen LogP contribution in [0.3, 0.4) is 0 Å². The van der Waals surface area contributed by atoms with E-state index in [1.54, 1.807) is 30.5 Å². The quantitative estimate of drug-likeness (QED) is 0.213. The van der Waals surface area contributed by atoms with Crippen LogP contribution in [-0.2, 0) is 10.0 Å². The Labute approximate surface area is 247 Å².